The Bertz CT molecular complexity index is 390. The molecule has 2 unspecified atom stereocenters. The monoisotopic (exact) mass is 277 g/mol. The predicted molar refractivity (Wildman–Crippen MR) is 81.9 cm³/mol. The molecule has 1 aromatic carbocycles. The highest BCUT2D eigenvalue weighted by Gasteiger charge is 2.18. The van der Waals surface area contributed by atoms with Crippen molar-refractivity contribution in [1.82, 2.24) is 4.90 Å². The molecule has 3 heteroatoms. The molecule has 1 saturated heterocycles. The van der Waals surface area contributed by atoms with Gasteiger partial charge in [-0.15, -0.1) is 0 Å². The fraction of sp³-hybridized carbons (Fsp3) is 0.647. The molecule has 1 heterocycles. The molecule has 0 amide bonds. The fourth-order valence-corrected chi connectivity index (χ4v) is 2.79. The lowest BCUT2D eigenvalue weighted by Crippen LogP contribution is -2.33. The first kappa shape index (κ1) is 15.5. The van der Waals surface area contributed by atoms with Crippen LogP contribution in [-0.4, -0.2) is 42.4 Å². The second-order valence-corrected chi connectivity index (χ2v) is 5.80. The fourth-order valence-electron chi connectivity index (χ4n) is 2.79. The van der Waals surface area contributed by atoms with Gasteiger partial charge in [-0.2, -0.15) is 0 Å². The number of aliphatic hydroxyl groups is 1. The van der Waals surface area contributed by atoms with Crippen LogP contribution in [0.3, 0.4) is 0 Å². The second kappa shape index (κ2) is 7.77. The molecule has 1 aliphatic rings. The quantitative estimate of drug-likeness (QED) is 0.898. The summed E-state index contributed by atoms with van der Waals surface area (Å²) in [5.41, 5.74) is 2.36. The number of β-amino-alcohol motifs (C(OH)–C–C–N with tert-alkyl or cyclic N) is 1. The summed E-state index contributed by atoms with van der Waals surface area (Å²) in [6.45, 7) is 7.73. The van der Waals surface area contributed by atoms with Crippen molar-refractivity contribution in [2.45, 2.75) is 45.3 Å². The summed E-state index contributed by atoms with van der Waals surface area (Å²) in [7, 11) is 0. The van der Waals surface area contributed by atoms with E-state index in [1.54, 1.807) is 0 Å². The van der Waals surface area contributed by atoms with Crippen LogP contribution in [0.5, 0.6) is 0 Å². The minimum absolute atomic E-state index is 0.261. The van der Waals surface area contributed by atoms with Gasteiger partial charge in [0.25, 0.3) is 0 Å². The molecule has 0 radical (unpaired) electrons. The number of rotatable bonds is 5. The van der Waals surface area contributed by atoms with Gasteiger partial charge in [0.2, 0.25) is 0 Å². The van der Waals surface area contributed by atoms with Crippen molar-refractivity contribution in [3.05, 3.63) is 35.4 Å². The SMILES string of the molecule is CCCc1ccc(C(O)CN2CCCOC(C)C2)cc1. The molecule has 2 atom stereocenters. The largest absolute Gasteiger partial charge is 0.387 e. The Labute approximate surface area is 122 Å². The zero-order chi connectivity index (χ0) is 14.4. The number of aryl methyl sites for hydroxylation is 1. The summed E-state index contributed by atoms with van der Waals surface area (Å²) < 4.78 is 5.64. The van der Waals surface area contributed by atoms with Crippen molar-refractivity contribution < 1.29 is 9.84 Å². The lowest BCUT2D eigenvalue weighted by molar-refractivity contribution is 0.0562. The summed E-state index contributed by atoms with van der Waals surface area (Å²) in [6, 6.07) is 8.40. The molecule has 0 spiro atoms. The van der Waals surface area contributed by atoms with Crippen LogP contribution in [0.2, 0.25) is 0 Å². The highest BCUT2D eigenvalue weighted by molar-refractivity contribution is 5.24. The Balaban J connectivity index is 1.91. The van der Waals surface area contributed by atoms with Gasteiger partial charge in [0, 0.05) is 26.2 Å². The van der Waals surface area contributed by atoms with Crippen molar-refractivity contribution in [3.8, 4) is 0 Å². The van der Waals surface area contributed by atoms with Crippen molar-refractivity contribution in [3.63, 3.8) is 0 Å². The Morgan fingerprint density at radius 3 is 2.80 bits per heavy atom. The van der Waals surface area contributed by atoms with Gasteiger partial charge in [0.15, 0.2) is 0 Å². The molecule has 1 aromatic rings. The van der Waals surface area contributed by atoms with Crippen LogP contribution in [0.1, 0.15) is 43.9 Å². The van der Waals surface area contributed by atoms with E-state index < -0.39 is 6.10 Å². The molecule has 112 valence electrons. The minimum Gasteiger partial charge on any atom is -0.387 e. The number of hydrogen-bond acceptors (Lipinski definition) is 3. The van der Waals surface area contributed by atoms with E-state index in [0.717, 1.165) is 44.5 Å². The number of hydrogen-bond donors (Lipinski definition) is 1. The van der Waals surface area contributed by atoms with Gasteiger partial charge in [-0.1, -0.05) is 37.6 Å². The van der Waals surface area contributed by atoms with Gasteiger partial charge < -0.3 is 9.84 Å². The van der Waals surface area contributed by atoms with Crippen molar-refractivity contribution in [2.24, 2.45) is 0 Å². The van der Waals surface area contributed by atoms with Crippen LogP contribution < -0.4 is 0 Å². The number of benzene rings is 1. The molecule has 1 N–H and O–H groups in total. The van der Waals surface area contributed by atoms with E-state index in [-0.39, 0.29) is 6.10 Å². The molecule has 0 saturated carbocycles. The number of nitrogens with zero attached hydrogens (tertiary/aromatic N) is 1. The summed E-state index contributed by atoms with van der Waals surface area (Å²) in [6.07, 6.45) is 3.17. The van der Waals surface area contributed by atoms with E-state index >= 15 is 0 Å². The molecule has 20 heavy (non-hydrogen) atoms. The minimum atomic E-state index is -0.407. The standard InChI is InChI=1S/C17H27NO2/c1-3-5-15-6-8-16(9-7-15)17(19)13-18-10-4-11-20-14(2)12-18/h6-9,14,17,19H,3-5,10-13H2,1-2H3. The molecule has 2 rings (SSSR count). The first-order valence-electron chi connectivity index (χ1n) is 7.80. The van der Waals surface area contributed by atoms with E-state index in [2.05, 4.69) is 43.0 Å². The smallest absolute Gasteiger partial charge is 0.0916 e. The van der Waals surface area contributed by atoms with Gasteiger partial charge in [0.1, 0.15) is 0 Å². The third kappa shape index (κ3) is 4.58. The van der Waals surface area contributed by atoms with Crippen LogP contribution in [0.4, 0.5) is 0 Å². The van der Waals surface area contributed by atoms with Crippen molar-refractivity contribution in [2.75, 3.05) is 26.2 Å². The average Bonchev–Trinajstić information content (AvgIpc) is 2.64. The maximum atomic E-state index is 10.4. The highest BCUT2D eigenvalue weighted by atomic mass is 16.5. The van der Waals surface area contributed by atoms with Gasteiger partial charge in [-0.25, -0.2) is 0 Å². The van der Waals surface area contributed by atoms with Crippen LogP contribution in [0.25, 0.3) is 0 Å². The van der Waals surface area contributed by atoms with Crippen LogP contribution >= 0.6 is 0 Å². The van der Waals surface area contributed by atoms with E-state index in [0.29, 0.717) is 6.54 Å². The van der Waals surface area contributed by atoms with Crippen LogP contribution in [-0.2, 0) is 11.2 Å². The van der Waals surface area contributed by atoms with E-state index in [9.17, 15) is 5.11 Å². The van der Waals surface area contributed by atoms with Crippen LogP contribution in [0.15, 0.2) is 24.3 Å². The van der Waals surface area contributed by atoms with E-state index in [1.165, 1.54) is 5.56 Å². The maximum absolute atomic E-state index is 10.4. The molecule has 3 nitrogen and oxygen atoms in total. The Morgan fingerprint density at radius 2 is 2.10 bits per heavy atom. The van der Waals surface area contributed by atoms with Crippen molar-refractivity contribution in [1.29, 1.82) is 0 Å². The predicted octanol–water partition coefficient (Wildman–Crippen LogP) is 2.78. The molecule has 1 fully saturated rings. The summed E-state index contributed by atoms with van der Waals surface area (Å²) in [5.74, 6) is 0. The van der Waals surface area contributed by atoms with Crippen LogP contribution in [0, 0.1) is 0 Å². The Morgan fingerprint density at radius 1 is 1.35 bits per heavy atom. The molecule has 0 aliphatic carbocycles. The molecular weight excluding hydrogens is 250 g/mol. The average molecular weight is 277 g/mol. The third-order valence-corrected chi connectivity index (χ3v) is 3.87. The van der Waals surface area contributed by atoms with Gasteiger partial charge in [-0.3, -0.25) is 4.90 Å². The number of aliphatic hydroxyl groups excluding tert-OH is 1. The number of ether oxygens (including phenoxy) is 1. The maximum Gasteiger partial charge on any atom is 0.0916 e. The van der Waals surface area contributed by atoms with Gasteiger partial charge in [-0.05, 0) is 30.9 Å². The normalized spacial score (nSPS) is 22.4. The first-order valence-corrected chi connectivity index (χ1v) is 7.80. The lowest BCUT2D eigenvalue weighted by atomic mass is 10.0. The lowest BCUT2D eigenvalue weighted by Gasteiger charge is -2.24. The first-order chi connectivity index (χ1) is 9.69. The molecular formula is C17H27NO2. The molecule has 1 aliphatic heterocycles. The molecule has 0 bridgehead atoms. The summed E-state index contributed by atoms with van der Waals surface area (Å²) >= 11 is 0. The second-order valence-electron chi connectivity index (χ2n) is 5.80. The zero-order valence-electron chi connectivity index (χ0n) is 12.7. The third-order valence-electron chi connectivity index (χ3n) is 3.87. The highest BCUT2D eigenvalue weighted by Crippen LogP contribution is 2.17. The van der Waals surface area contributed by atoms with Crippen molar-refractivity contribution >= 4 is 0 Å². The topological polar surface area (TPSA) is 32.7 Å². The van der Waals surface area contributed by atoms with E-state index in [4.69, 9.17) is 4.74 Å². The Hall–Kier alpha value is -0.900. The van der Waals surface area contributed by atoms with Gasteiger partial charge in [0.05, 0.1) is 12.2 Å². The summed E-state index contributed by atoms with van der Waals surface area (Å²) in [4.78, 5) is 2.31. The molecule has 0 aromatic heterocycles. The Kier molecular flexibility index (Phi) is 6.02. The van der Waals surface area contributed by atoms with E-state index in [1.807, 2.05) is 0 Å². The van der Waals surface area contributed by atoms with Gasteiger partial charge >= 0.3 is 0 Å². The zero-order valence-corrected chi connectivity index (χ0v) is 12.7. The summed E-state index contributed by atoms with van der Waals surface area (Å²) in [5, 5.41) is 10.4.